The number of benzene rings is 2. The summed E-state index contributed by atoms with van der Waals surface area (Å²) < 4.78 is 5.56. The highest BCUT2D eigenvalue weighted by Gasteiger charge is 2.17. The smallest absolute Gasteiger partial charge is 0.122 e. The zero-order valence-electron chi connectivity index (χ0n) is 12.4. The van der Waals surface area contributed by atoms with Gasteiger partial charge in [-0.3, -0.25) is 0 Å². The maximum atomic E-state index is 6.27. The van der Waals surface area contributed by atoms with Gasteiger partial charge in [0.05, 0.1) is 6.61 Å². The molecule has 1 aliphatic heterocycles. The Kier molecular flexibility index (Phi) is 4.18. The summed E-state index contributed by atoms with van der Waals surface area (Å²) in [5.74, 6) is 1.03. The third-order valence-electron chi connectivity index (χ3n) is 4.09. The van der Waals surface area contributed by atoms with E-state index in [1.165, 1.54) is 11.1 Å². The average molecular weight is 302 g/mol. The summed E-state index contributed by atoms with van der Waals surface area (Å²) in [6, 6.07) is 14.9. The molecule has 110 valence electrons. The van der Waals surface area contributed by atoms with Crippen LogP contribution in [0.4, 0.5) is 0 Å². The van der Waals surface area contributed by atoms with Crippen molar-refractivity contribution in [2.24, 2.45) is 0 Å². The Labute approximate surface area is 131 Å². The van der Waals surface area contributed by atoms with Gasteiger partial charge in [0, 0.05) is 23.5 Å². The highest BCUT2D eigenvalue weighted by molar-refractivity contribution is 6.31. The molecule has 0 bridgehead atoms. The minimum atomic E-state index is 0.207. The van der Waals surface area contributed by atoms with Crippen LogP contribution in [-0.4, -0.2) is 6.61 Å². The van der Waals surface area contributed by atoms with E-state index in [-0.39, 0.29) is 12.1 Å². The molecule has 2 unspecified atom stereocenters. The van der Waals surface area contributed by atoms with Crippen LogP contribution in [0, 0.1) is 0 Å². The Morgan fingerprint density at radius 3 is 2.71 bits per heavy atom. The molecule has 3 rings (SSSR count). The number of ether oxygens (including phenoxy) is 1. The number of rotatable bonds is 4. The first-order valence-electron chi connectivity index (χ1n) is 7.41. The number of halogens is 1. The van der Waals surface area contributed by atoms with Gasteiger partial charge in [0.15, 0.2) is 0 Å². The van der Waals surface area contributed by atoms with E-state index in [0.29, 0.717) is 0 Å². The van der Waals surface area contributed by atoms with E-state index < -0.39 is 0 Å². The molecule has 0 amide bonds. The Balaban J connectivity index is 1.74. The molecule has 0 radical (unpaired) electrons. The molecular formula is C18H20ClNO. The lowest BCUT2D eigenvalue weighted by atomic mass is 10.0. The molecule has 2 aromatic carbocycles. The lowest BCUT2D eigenvalue weighted by Crippen LogP contribution is -2.22. The monoisotopic (exact) mass is 301 g/mol. The molecule has 0 fully saturated rings. The topological polar surface area (TPSA) is 21.3 Å². The minimum absolute atomic E-state index is 0.207. The third kappa shape index (κ3) is 3.07. The molecule has 1 heterocycles. The van der Waals surface area contributed by atoms with Crippen LogP contribution in [0.3, 0.4) is 0 Å². The third-order valence-corrected chi connectivity index (χ3v) is 4.43. The Hall–Kier alpha value is -1.51. The first kappa shape index (κ1) is 14.4. The number of nitrogens with one attached hydrogen (secondary N) is 1. The van der Waals surface area contributed by atoms with Crippen molar-refractivity contribution in [3.63, 3.8) is 0 Å². The van der Waals surface area contributed by atoms with E-state index >= 15 is 0 Å². The van der Waals surface area contributed by atoms with Gasteiger partial charge >= 0.3 is 0 Å². The van der Waals surface area contributed by atoms with Gasteiger partial charge in [-0.25, -0.2) is 0 Å². The van der Waals surface area contributed by atoms with Crippen molar-refractivity contribution in [1.82, 2.24) is 5.32 Å². The van der Waals surface area contributed by atoms with Crippen LogP contribution in [0.2, 0.25) is 5.02 Å². The largest absolute Gasteiger partial charge is 0.493 e. The van der Waals surface area contributed by atoms with Crippen molar-refractivity contribution in [3.05, 3.63) is 64.2 Å². The van der Waals surface area contributed by atoms with Crippen molar-refractivity contribution in [2.45, 2.75) is 32.4 Å². The Morgan fingerprint density at radius 1 is 1.10 bits per heavy atom. The van der Waals surface area contributed by atoms with E-state index in [2.05, 4.69) is 43.4 Å². The van der Waals surface area contributed by atoms with Crippen molar-refractivity contribution >= 4 is 11.6 Å². The Morgan fingerprint density at radius 2 is 1.90 bits per heavy atom. The first-order valence-corrected chi connectivity index (χ1v) is 7.79. The average Bonchev–Trinajstić information content (AvgIpc) is 2.94. The molecule has 21 heavy (non-hydrogen) atoms. The molecule has 0 aliphatic carbocycles. The van der Waals surface area contributed by atoms with Gasteiger partial charge in [0.2, 0.25) is 0 Å². The van der Waals surface area contributed by atoms with Crippen LogP contribution in [-0.2, 0) is 6.42 Å². The molecule has 0 spiro atoms. The number of hydrogen-bond donors (Lipinski definition) is 1. The van der Waals surface area contributed by atoms with Gasteiger partial charge < -0.3 is 10.1 Å². The summed E-state index contributed by atoms with van der Waals surface area (Å²) in [5.41, 5.74) is 3.74. The number of hydrogen-bond acceptors (Lipinski definition) is 2. The molecule has 0 saturated heterocycles. The fraction of sp³-hybridized carbons (Fsp3) is 0.333. The Bertz CT molecular complexity index is 641. The summed E-state index contributed by atoms with van der Waals surface area (Å²) in [6.45, 7) is 5.13. The molecule has 3 heteroatoms. The van der Waals surface area contributed by atoms with E-state index in [0.717, 1.165) is 29.4 Å². The molecule has 0 saturated carbocycles. The molecule has 1 aliphatic rings. The van der Waals surface area contributed by atoms with Gasteiger partial charge in [-0.15, -0.1) is 0 Å². The van der Waals surface area contributed by atoms with E-state index in [4.69, 9.17) is 16.3 Å². The second-order valence-electron chi connectivity index (χ2n) is 5.60. The van der Waals surface area contributed by atoms with Gasteiger partial charge in [0.1, 0.15) is 5.75 Å². The maximum Gasteiger partial charge on any atom is 0.122 e. The minimum Gasteiger partial charge on any atom is -0.493 e. The quantitative estimate of drug-likeness (QED) is 0.885. The zero-order valence-corrected chi connectivity index (χ0v) is 13.2. The molecule has 1 N–H and O–H groups in total. The van der Waals surface area contributed by atoms with Gasteiger partial charge in [-0.2, -0.15) is 0 Å². The zero-order chi connectivity index (χ0) is 14.8. The van der Waals surface area contributed by atoms with E-state index in [1.54, 1.807) is 0 Å². The standard InChI is InChI=1S/C18H20ClNO/c1-12(14-7-8-18-15(11-14)9-10-21-18)20-13(2)16-5-3-4-6-17(16)19/h3-8,11-13,20H,9-10H2,1-2H3. The van der Waals surface area contributed by atoms with E-state index in [1.807, 2.05) is 18.2 Å². The molecule has 0 aromatic heterocycles. The highest BCUT2D eigenvalue weighted by Crippen LogP contribution is 2.30. The SMILES string of the molecule is CC(NC(C)c1ccccc1Cl)c1ccc2c(c1)CCO2. The van der Waals surface area contributed by atoms with Crippen LogP contribution >= 0.6 is 11.6 Å². The van der Waals surface area contributed by atoms with Crippen LogP contribution in [0.25, 0.3) is 0 Å². The predicted molar refractivity (Wildman–Crippen MR) is 87.1 cm³/mol. The molecule has 2 aromatic rings. The summed E-state index contributed by atoms with van der Waals surface area (Å²) in [5, 5.41) is 4.43. The fourth-order valence-electron chi connectivity index (χ4n) is 2.86. The summed E-state index contributed by atoms with van der Waals surface area (Å²) >= 11 is 6.27. The summed E-state index contributed by atoms with van der Waals surface area (Å²) in [6.07, 6.45) is 1.01. The van der Waals surface area contributed by atoms with Gasteiger partial charge in [-0.1, -0.05) is 41.9 Å². The van der Waals surface area contributed by atoms with Crippen molar-refractivity contribution < 1.29 is 4.74 Å². The predicted octanol–water partition coefficient (Wildman–Crippen LogP) is 4.69. The molecular weight excluding hydrogens is 282 g/mol. The summed E-state index contributed by atoms with van der Waals surface area (Å²) in [7, 11) is 0. The summed E-state index contributed by atoms with van der Waals surface area (Å²) in [4.78, 5) is 0. The van der Waals surface area contributed by atoms with Crippen molar-refractivity contribution in [2.75, 3.05) is 6.61 Å². The molecule has 2 atom stereocenters. The second kappa shape index (κ2) is 6.08. The first-order chi connectivity index (χ1) is 10.1. The number of fused-ring (bicyclic) bond motifs is 1. The van der Waals surface area contributed by atoms with Crippen molar-refractivity contribution in [3.8, 4) is 5.75 Å². The van der Waals surface area contributed by atoms with Gasteiger partial charge in [-0.05, 0) is 42.7 Å². The molecule has 2 nitrogen and oxygen atoms in total. The normalized spacial score (nSPS) is 16.1. The van der Waals surface area contributed by atoms with E-state index in [9.17, 15) is 0 Å². The van der Waals surface area contributed by atoms with Crippen LogP contribution in [0.1, 0.15) is 42.6 Å². The highest BCUT2D eigenvalue weighted by atomic mass is 35.5. The van der Waals surface area contributed by atoms with Crippen LogP contribution in [0.15, 0.2) is 42.5 Å². The van der Waals surface area contributed by atoms with Crippen LogP contribution < -0.4 is 10.1 Å². The van der Waals surface area contributed by atoms with Crippen molar-refractivity contribution in [1.29, 1.82) is 0 Å². The lowest BCUT2D eigenvalue weighted by Gasteiger charge is -2.22. The lowest BCUT2D eigenvalue weighted by molar-refractivity contribution is 0.356. The second-order valence-corrected chi connectivity index (χ2v) is 6.00. The van der Waals surface area contributed by atoms with Crippen LogP contribution in [0.5, 0.6) is 5.75 Å². The fourth-order valence-corrected chi connectivity index (χ4v) is 3.16. The maximum absolute atomic E-state index is 6.27. The van der Waals surface area contributed by atoms with Gasteiger partial charge in [0.25, 0.3) is 0 Å².